The first kappa shape index (κ1) is 5.19. The summed E-state index contributed by atoms with van der Waals surface area (Å²) in [5.74, 6) is 1.22. The van der Waals surface area contributed by atoms with Crippen molar-refractivity contribution in [2.75, 3.05) is 0 Å². The number of amidine groups is 1. The molecule has 1 aliphatic rings. The molecular weight excluding hydrogens is 102 g/mol. The SMILES string of the molecule is CC(C)C1=NC=[N+]=N1. The summed E-state index contributed by atoms with van der Waals surface area (Å²) in [6.07, 6.45) is 1.47. The molecule has 0 amide bonds. The molecule has 0 aromatic carbocycles. The monoisotopic (exact) mass is 110 g/mol. The highest BCUT2D eigenvalue weighted by Crippen LogP contribution is 1.98. The van der Waals surface area contributed by atoms with Crippen molar-refractivity contribution in [1.29, 1.82) is 0 Å². The average Bonchev–Trinajstić information content (AvgIpc) is 2.12. The zero-order valence-corrected chi connectivity index (χ0v) is 5.00. The van der Waals surface area contributed by atoms with Gasteiger partial charge in [0, 0.05) is 5.92 Å². The lowest BCUT2D eigenvalue weighted by atomic mass is 10.2. The summed E-state index contributed by atoms with van der Waals surface area (Å²) in [6, 6.07) is 0. The van der Waals surface area contributed by atoms with E-state index in [1.165, 1.54) is 6.34 Å². The molecule has 0 aromatic heterocycles. The summed E-state index contributed by atoms with van der Waals surface area (Å²) < 4.78 is 0. The molecule has 3 heteroatoms. The zero-order chi connectivity index (χ0) is 5.98. The normalized spacial score (nSPS) is 15.6. The zero-order valence-electron chi connectivity index (χ0n) is 5.00. The van der Waals surface area contributed by atoms with E-state index in [-0.39, 0.29) is 0 Å². The van der Waals surface area contributed by atoms with Crippen LogP contribution in [-0.2, 0) is 0 Å². The lowest BCUT2D eigenvalue weighted by Crippen LogP contribution is -2.00. The van der Waals surface area contributed by atoms with Crippen molar-refractivity contribution in [2.24, 2.45) is 16.0 Å². The Labute approximate surface area is 47.9 Å². The number of nitrogens with zero attached hydrogens (tertiary/aromatic N) is 3. The Morgan fingerprint density at radius 2 is 2.38 bits per heavy atom. The van der Waals surface area contributed by atoms with Crippen molar-refractivity contribution in [1.82, 2.24) is 0 Å². The van der Waals surface area contributed by atoms with Gasteiger partial charge < -0.3 is 0 Å². The molecule has 1 heterocycles. The highest BCUT2D eigenvalue weighted by atomic mass is 15.2. The van der Waals surface area contributed by atoms with E-state index in [0.717, 1.165) is 5.84 Å². The Bertz CT molecular complexity index is 172. The lowest BCUT2D eigenvalue weighted by molar-refractivity contribution is -0.0623. The highest BCUT2D eigenvalue weighted by Gasteiger charge is 2.14. The van der Waals surface area contributed by atoms with Gasteiger partial charge in [-0.2, -0.15) is 0 Å². The van der Waals surface area contributed by atoms with Crippen LogP contribution in [0, 0.1) is 5.92 Å². The minimum atomic E-state index is 0.400. The number of hydrogen-bond donors (Lipinski definition) is 0. The predicted octanol–water partition coefficient (Wildman–Crippen LogP) is 0.743. The minimum Gasteiger partial charge on any atom is -0.0755 e. The van der Waals surface area contributed by atoms with E-state index in [1.807, 2.05) is 13.8 Å². The summed E-state index contributed by atoms with van der Waals surface area (Å²) >= 11 is 0. The van der Waals surface area contributed by atoms with Crippen LogP contribution in [-0.4, -0.2) is 17.0 Å². The molecule has 0 unspecified atom stereocenters. The highest BCUT2D eigenvalue weighted by molar-refractivity contribution is 5.90. The molecule has 0 saturated carbocycles. The summed E-state index contributed by atoms with van der Waals surface area (Å²) in [4.78, 5) is 7.48. The molecule has 8 heavy (non-hydrogen) atoms. The molecule has 0 aliphatic carbocycles. The van der Waals surface area contributed by atoms with Gasteiger partial charge in [0.15, 0.2) is 0 Å². The van der Waals surface area contributed by atoms with Crippen LogP contribution in [0.1, 0.15) is 13.8 Å². The Morgan fingerprint density at radius 3 is 2.62 bits per heavy atom. The quantitative estimate of drug-likeness (QED) is 0.447. The fourth-order valence-corrected chi connectivity index (χ4v) is 0.460. The van der Waals surface area contributed by atoms with Gasteiger partial charge in [-0.1, -0.05) is 18.6 Å². The predicted molar refractivity (Wildman–Crippen MR) is 31.0 cm³/mol. The first-order chi connectivity index (χ1) is 3.80. The molecule has 0 spiro atoms. The van der Waals surface area contributed by atoms with Gasteiger partial charge in [0.2, 0.25) is 0 Å². The Hall–Kier alpha value is -0.950. The molecule has 0 atom stereocenters. The van der Waals surface area contributed by atoms with E-state index in [2.05, 4.69) is 14.9 Å². The van der Waals surface area contributed by atoms with E-state index >= 15 is 0 Å². The van der Waals surface area contributed by atoms with Gasteiger partial charge in [0.25, 0.3) is 0 Å². The van der Waals surface area contributed by atoms with Gasteiger partial charge >= 0.3 is 12.2 Å². The van der Waals surface area contributed by atoms with Crippen LogP contribution >= 0.6 is 0 Å². The summed E-state index contributed by atoms with van der Waals surface area (Å²) in [5.41, 5.74) is 0. The van der Waals surface area contributed by atoms with Gasteiger partial charge in [-0.25, -0.2) is 0 Å². The van der Waals surface area contributed by atoms with Crippen molar-refractivity contribution in [3.8, 4) is 0 Å². The largest absolute Gasteiger partial charge is 0.412 e. The molecule has 3 nitrogen and oxygen atoms in total. The third kappa shape index (κ3) is 0.820. The van der Waals surface area contributed by atoms with Gasteiger partial charge in [0.05, 0.1) is 5.11 Å². The molecule has 42 valence electrons. The van der Waals surface area contributed by atoms with Crippen LogP contribution in [0.5, 0.6) is 0 Å². The van der Waals surface area contributed by atoms with E-state index in [0.29, 0.717) is 5.92 Å². The molecule has 1 aliphatic heterocycles. The second-order valence-corrected chi connectivity index (χ2v) is 1.97. The molecule has 0 aromatic rings. The first-order valence-corrected chi connectivity index (χ1v) is 2.61. The van der Waals surface area contributed by atoms with Crippen LogP contribution < -0.4 is 0 Å². The van der Waals surface area contributed by atoms with Crippen molar-refractivity contribution >= 4 is 12.2 Å². The molecule has 0 fully saturated rings. The fourth-order valence-electron chi connectivity index (χ4n) is 0.460. The maximum absolute atomic E-state index is 3.89. The summed E-state index contributed by atoms with van der Waals surface area (Å²) in [5, 5.41) is 3.75. The van der Waals surface area contributed by atoms with Crippen molar-refractivity contribution in [3.05, 3.63) is 0 Å². The van der Waals surface area contributed by atoms with E-state index < -0.39 is 0 Å². The maximum atomic E-state index is 3.89. The molecule has 0 radical (unpaired) electrons. The van der Waals surface area contributed by atoms with Gasteiger partial charge in [0.1, 0.15) is 0 Å². The lowest BCUT2D eigenvalue weighted by Gasteiger charge is -1.86. The van der Waals surface area contributed by atoms with E-state index in [1.54, 1.807) is 0 Å². The van der Waals surface area contributed by atoms with Gasteiger partial charge in [-0.15, -0.1) is 0 Å². The topological polar surface area (TPSA) is 38.8 Å². The second kappa shape index (κ2) is 1.88. The first-order valence-electron chi connectivity index (χ1n) is 2.61. The van der Waals surface area contributed by atoms with Crippen molar-refractivity contribution in [2.45, 2.75) is 13.8 Å². The number of rotatable bonds is 1. The average molecular weight is 110 g/mol. The summed E-state index contributed by atoms with van der Waals surface area (Å²) in [6.45, 7) is 4.08. The smallest absolute Gasteiger partial charge is 0.0755 e. The second-order valence-electron chi connectivity index (χ2n) is 1.97. The molecule has 0 saturated heterocycles. The molecular formula is C5H8N3+. The third-order valence-electron chi connectivity index (χ3n) is 0.918. The van der Waals surface area contributed by atoms with Gasteiger partial charge in [-0.3, -0.25) is 0 Å². The van der Waals surface area contributed by atoms with Crippen LogP contribution in [0.25, 0.3) is 0 Å². The standard InChI is InChI=1S/C5H8N3/c1-4(2)5-6-3-7-8-5/h3-4H,1-2H3/q+1. The van der Waals surface area contributed by atoms with Gasteiger partial charge in [-0.05, 0) is 4.99 Å². The van der Waals surface area contributed by atoms with Crippen LogP contribution in [0.4, 0.5) is 0 Å². The van der Waals surface area contributed by atoms with Crippen molar-refractivity contribution < 1.29 is 4.79 Å². The fraction of sp³-hybridized carbons (Fsp3) is 0.600. The number of hydrogen-bond acceptors (Lipinski definition) is 2. The Balaban J connectivity index is 2.65. The van der Waals surface area contributed by atoms with E-state index in [9.17, 15) is 0 Å². The Morgan fingerprint density at radius 1 is 1.62 bits per heavy atom. The van der Waals surface area contributed by atoms with E-state index in [4.69, 9.17) is 0 Å². The molecule has 1 rings (SSSR count). The summed E-state index contributed by atoms with van der Waals surface area (Å²) in [7, 11) is 0. The maximum Gasteiger partial charge on any atom is 0.412 e. The van der Waals surface area contributed by atoms with Crippen LogP contribution in [0.15, 0.2) is 10.1 Å². The minimum absolute atomic E-state index is 0.400. The van der Waals surface area contributed by atoms with Crippen LogP contribution in [0.3, 0.4) is 0 Å². The number of aliphatic imine (C=N–C) groups is 1. The molecule has 0 N–H and O–H groups in total. The third-order valence-corrected chi connectivity index (χ3v) is 0.918. The van der Waals surface area contributed by atoms with Crippen molar-refractivity contribution in [3.63, 3.8) is 0 Å². The van der Waals surface area contributed by atoms with Crippen LogP contribution in [0.2, 0.25) is 0 Å². The Kier molecular flexibility index (Phi) is 1.22. The molecule has 0 bridgehead atoms.